The van der Waals surface area contributed by atoms with Crippen molar-refractivity contribution in [2.75, 3.05) is 40.0 Å². The molecule has 3 fully saturated rings. The Morgan fingerprint density at radius 1 is 1.12 bits per heavy atom. The highest BCUT2D eigenvalue weighted by Crippen LogP contribution is 2.33. The molecular weight excluding hydrogens is 563 g/mol. The summed E-state index contributed by atoms with van der Waals surface area (Å²) < 4.78 is 36.9. The zero-order valence-electron chi connectivity index (χ0n) is 24.0. The zero-order chi connectivity index (χ0) is 31.2. The van der Waals surface area contributed by atoms with E-state index >= 15 is 0 Å². The quantitative estimate of drug-likeness (QED) is 0.0685. The summed E-state index contributed by atoms with van der Waals surface area (Å²) in [5, 5.41) is 67.2. The summed E-state index contributed by atoms with van der Waals surface area (Å²) in [7, 11) is 1.56. The molecule has 16 nitrogen and oxygen atoms in total. The number of aliphatic imine (C=N–C) groups is 1. The van der Waals surface area contributed by atoms with Gasteiger partial charge in [-0.2, -0.15) is 0 Å². The van der Waals surface area contributed by atoms with Crippen LogP contribution in [0.25, 0.3) is 0 Å². The van der Waals surface area contributed by atoms with E-state index in [1.165, 1.54) is 6.92 Å². The van der Waals surface area contributed by atoms with E-state index in [-0.39, 0.29) is 32.3 Å². The molecule has 42 heavy (non-hydrogen) atoms. The average molecular weight is 613 g/mol. The van der Waals surface area contributed by atoms with Gasteiger partial charge in [-0.3, -0.25) is 4.99 Å². The molecular formula is C25H49FN6O10. The predicted octanol–water partition coefficient (Wildman–Crippen LogP) is -5.26. The molecule has 0 radical (unpaired) electrons. The van der Waals surface area contributed by atoms with Crippen LogP contribution in [0.4, 0.5) is 4.39 Å². The van der Waals surface area contributed by atoms with Crippen LogP contribution >= 0.6 is 0 Å². The molecule has 0 aromatic carbocycles. The van der Waals surface area contributed by atoms with Crippen molar-refractivity contribution in [3.8, 4) is 0 Å². The number of nitrogens with one attached hydrogen (secondary N) is 2. The first-order valence-electron chi connectivity index (χ1n) is 14.2. The standard InChI is InChI=1S/C25H49FN6O10/c1-25(38)10-39-24(18(37)21(25)30-2)42-20-15(32-22(29)16(35)6-26)5-14(28)19(17(20)36)41-23-13(27)4-3-12(40-23)8-31-7-11(34)9-33/h11-21,23-24,30-31,33-38H,3-10,27-28H2,1-2H3,(H2,29,32). The Balaban J connectivity index is 1.78. The number of alkyl halides is 1. The molecule has 2 aliphatic heterocycles. The number of hydrogen-bond acceptors (Lipinski definition) is 15. The summed E-state index contributed by atoms with van der Waals surface area (Å²) in [6.07, 6.45) is -9.23. The highest BCUT2D eigenvalue weighted by atomic mass is 19.1. The summed E-state index contributed by atoms with van der Waals surface area (Å²) in [6.45, 7) is 0.257. The maximum atomic E-state index is 13.1. The lowest BCUT2D eigenvalue weighted by Crippen LogP contribution is -2.67. The van der Waals surface area contributed by atoms with Crippen molar-refractivity contribution in [3.63, 3.8) is 0 Å². The lowest BCUT2D eigenvalue weighted by atomic mass is 9.83. The predicted molar refractivity (Wildman–Crippen MR) is 147 cm³/mol. The number of halogens is 1. The lowest BCUT2D eigenvalue weighted by molar-refractivity contribution is -0.306. The topological polar surface area (TPSA) is 273 Å². The number of likely N-dealkylation sites (N-methyl/N-ethyl adjacent to an activating group) is 1. The number of aliphatic hydroxyl groups excluding tert-OH is 5. The number of aliphatic hydroxyl groups is 6. The molecule has 14 unspecified atom stereocenters. The Hall–Kier alpha value is -1.16. The number of nitrogens with zero attached hydrogens (tertiary/aromatic N) is 1. The van der Waals surface area contributed by atoms with E-state index in [0.29, 0.717) is 19.4 Å². The molecule has 3 aliphatic rings. The van der Waals surface area contributed by atoms with Crippen LogP contribution in [0, 0.1) is 0 Å². The molecule has 14 atom stereocenters. The van der Waals surface area contributed by atoms with Gasteiger partial charge in [-0.25, -0.2) is 4.39 Å². The van der Waals surface area contributed by atoms with Gasteiger partial charge in [0.05, 0.1) is 43.5 Å². The van der Waals surface area contributed by atoms with Gasteiger partial charge < -0.3 is 77.4 Å². The second kappa shape index (κ2) is 15.7. The molecule has 0 bridgehead atoms. The van der Waals surface area contributed by atoms with Crippen LogP contribution < -0.4 is 27.8 Å². The van der Waals surface area contributed by atoms with E-state index in [4.69, 9.17) is 41.3 Å². The SMILES string of the molecule is CNC1C(O)C(OC2C(N=C(N)C(O)CF)CC(N)C(OC3OC(CNCC(O)CO)CCC3N)C2O)OCC1(C)O. The molecule has 0 amide bonds. The molecule has 17 heteroatoms. The van der Waals surface area contributed by atoms with Crippen molar-refractivity contribution in [3.05, 3.63) is 0 Å². The van der Waals surface area contributed by atoms with Crippen molar-refractivity contribution in [1.29, 1.82) is 0 Å². The highest BCUT2D eigenvalue weighted by molar-refractivity contribution is 5.85. The molecule has 2 heterocycles. The van der Waals surface area contributed by atoms with E-state index in [1.54, 1.807) is 7.05 Å². The Bertz CT molecular complexity index is 865. The number of hydrogen-bond donors (Lipinski definition) is 11. The smallest absolute Gasteiger partial charge is 0.185 e. The Morgan fingerprint density at radius 2 is 1.81 bits per heavy atom. The normalized spacial score (nSPS) is 43.2. The van der Waals surface area contributed by atoms with E-state index in [1.807, 2.05) is 0 Å². The van der Waals surface area contributed by atoms with E-state index < -0.39 is 91.5 Å². The zero-order valence-corrected chi connectivity index (χ0v) is 24.0. The van der Waals surface area contributed by atoms with Crippen LogP contribution in [0.15, 0.2) is 4.99 Å². The van der Waals surface area contributed by atoms with Crippen LogP contribution in [0.5, 0.6) is 0 Å². The van der Waals surface area contributed by atoms with E-state index in [2.05, 4.69) is 15.6 Å². The largest absolute Gasteiger partial charge is 0.394 e. The van der Waals surface area contributed by atoms with Gasteiger partial charge in [-0.05, 0) is 33.2 Å². The third kappa shape index (κ3) is 8.72. The van der Waals surface area contributed by atoms with Crippen LogP contribution in [0.3, 0.4) is 0 Å². The fourth-order valence-corrected chi connectivity index (χ4v) is 5.56. The number of amidine groups is 1. The fourth-order valence-electron chi connectivity index (χ4n) is 5.56. The molecule has 3 rings (SSSR count). The number of ether oxygens (including phenoxy) is 4. The summed E-state index contributed by atoms with van der Waals surface area (Å²) in [4.78, 5) is 4.19. The van der Waals surface area contributed by atoms with Crippen LogP contribution in [0.1, 0.15) is 26.2 Å². The van der Waals surface area contributed by atoms with Gasteiger partial charge in [-0.15, -0.1) is 0 Å². The molecule has 0 aromatic rings. The van der Waals surface area contributed by atoms with Crippen molar-refractivity contribution in [2.45, 2.75) is 111 Å². The van der Waals surface area contributed by atoms with E-state index in [0.717, 1.165) is 0 Å². The molecule has 246 valence electrons. The Labute approximate surface area is 244 Å². The summed E-state index contributed by atoms with van der Waals surface area (Å²) in [5.41, 5.74) is 17.0. The lowest BCUT2D eigenvalue weighted by Gasteiger charge is -2.48. The first kappa shape index (κ1) is 35.3. The molecule has 2 saturated heterocycles. The van der Waals surface area contributed by atoms with Gasteiger partial charge in [0.25, 0.3) is 0 Å². The minimum Gasteiger partial charge on any atom is -0.394 e. The van der Waals surface area contributed by atoms with Crippen LogP contribution in [0.2, 0.25) is 0 Å². The van der Waals surface area contributed by atoms with Gasteiger partial charge in [0.1, 0.15) is 48.6 Å². The van der Waals surface area contributed by atoms with E-state index in [9.17, 15) is 29.9 Å². The minimum atomic E-state index is -1.68. The van der Waals surface area contributed by atoms with Gasteiger partial charge in [0.15, 0.2) is 12.6 Å². The van der Waals surface area contributed by atoms with Crippen molar-refractivity contribution >= 4 is 5.84 Å². The third-order valence-electron chi connectivity index (χ3n) is 7.98. The third-order valence-corrected chi connectivity index (χ3v) is 7.98. The fraction of sp³-hybridized carbons (Fsp3) is 0.960. The van der Waals surface area contributed by atoms with Crippen LogP contribution in [-0.4, -0.2) is 162 Å². The summed E-state index contributed by atoms with van der Waals surface area (Å²) in [6, 6.07) is -3.22. The Morgan fingerprint density at radius 3 is 2.45 bits per heavy atom. The van der Waals surface area contributed by atoms with Crippen molar-refractivity contribution in [1.82, 2.24) is 10.6 Å². The van der Waals surface area contributed by atoms with Crippen molar-refractivity contribution in [2.24, 2.45) is 22.2 Å². The molecule has 14 N–H and O–H groups in total. The second-order valence-corrected chi connectivity index (χ2v) is 11.5. The van der Waals surface area contributed by atoms with Gasteiger partial charge in [0.2, 0.25) is 0 Å². The number of nitrogens with two attached hydrogens (primary N) is 3. The monoisotopic (exact) mass is 612 g/mol. The Kier molecular flexibility index (Phi) is 13.2. The molecule has 1 aliphatic carbocycles. The second-order valence-electron chi connectivity index (χ2n) is 11.5. The van der Waals surface area contributed by atoms with Crippen molar-refractivity contribution < 1.29 is 54.0 Å². The summed E-state index contributed by atoms with van der Waals surface area (Å²) >= 11 is 0. The average Bonchev–Trinajstić information content (AvgIpc) is 2.94. The first-order chi connectivity index (χ1) is 19.8. The molecule has 0 aromatic heterocycles. The molecule has 1 saturated carbocycles. The maximum Gasteiger partial charge on any atom is 0.185 e. The van der Waals surface area contributed by atoms with Gasteiger partial charge in [-0.1, -0.05) is 0 Å². The van der Waals surface area contributed by atoms with Gasteiger partial charge >= 0.3 is 0 Å². The summed E-state index contributed by atoms with van der Waals surface area (Å²) in [5.74, 6) is -0.421. The minimum absolute atomic E-state index is 0.0219. The molecule has 0 spiro atoms. The van der Waals surface area contributed by atoms with Gasteiger partial charge in [0, 0.05) is 19.1 Å². The number of rotatable bonds is 13. The van der Waals surface area contributed by atoms with Crippen LogP contribution in [-0.2, 0) is 18.9 Å². The first-order valence-corrected chi connectivity index (χ1v) is 14.2. The maximum absolute atomic E-state index is 13.1. The highest BCUT2D eigenvalue weighted by Gasteiger charge is 2.51.